The molecule has 0 bridgehead atoms. The zero-order valence-corrected chi connectivity index (χ0v) is 20.4. The van der Waals surface area contributed by atoms with Gasteiger partial charge in [0.25, 0.3) is 0 Å². The maximum atomic E-state index is 13.0. The highest BCUT2D eigenvalue weighted by Gasteiger charge is 2.33. The predicted octanol–water partition coefficient (Wildman–Crippen LogP) is 3.23. The van der Waals surface area contributed by atoms with Crippen LogP contribution < -0.4 is 10.3 Å². The molecule has 4 heterocycles. The van der Waals surface area contributed by atoms with E-state index in [0.29, 0.717) is 54.9 Å². The van der Waals surface area contributed by atoms with Gasteiger partial charge in [-0.25, -0.2) is 14.8 Å². The Morgan fingerprint density at radius 1 is 1.26 bits per heavy atom. The van der Waals surface area contributed by atoms with E-state index in [2.05, 4.69) is 4.98 Å². The Bertz CT molecular complexity index is 1290. The van der Waals surface area contributed by atoms with Crippen LogP contribution in [0, 0.1) is 12.8 Å². The summed E-state index contributed by atoms with van der Waals surface area (Å²) in [6, 6.07) is 1.79. The van der Waals surface area contributed by atoms with E-state index >= 15 is 0 Å². The van der Waals surface area contributed by atoms with E-state index < -0.39 is 11.4 Å². The number of ketones is 1. The molecule has 0 unspecified atom stereocenters. The van der Waals surface area contributed by atoms with Crippen molar-refractivity contribution in [2.45, 2.75) is 40.0 Å². The van der Waals surface area contributed by atoms with Gasteiger partial charge in [0, 0.05) is 44.3 Å². The number of hydrogen-bond donors (Lipinski definition) is 1. The van der Waals surface area contributed by atoms with Gasteiger partial charge in [0.2, 0.25) is 5.43 Å². The second-order valence-corrected chi connectivity index (χ2v) is 9.22. The summed E-state index contributed by atoms with van der Waals surface area (Å²) in [5.74, 6) is -0.440. The number of fused-ring (bicyclic) bond motifs is 1. The summed E-state index contributed by atoms with van der Waals surface area (Å²) in [5, 5.41) is 12.3. The van der Waals surface area contributed by atoms with Crippen LogP contribution in [0.3, 0.4) is 0 Å². The van der Waals surface area contributed by atoms with Crippen molar-refractivity contribution in [1.82, 2.24) is 14.5 Å². The summed E-state index contributed by atoms with van der Waals surface area (Å²) in [5.41, 5.74) is 1.01. The normalized spacial score (nSPS) is 13.9. The van der Waals surface area contributed by atoms with Gasteiger partial charge in [0.1, 0.15) is 17.2 Å². The third kappa shape index (κ3) is 4.60. The lowest BCUT2D eigenvalue weighted by Gasteiger charge is -2.39. The number of aryl methyl sites for hydroxylation is 2. The topological polar surface area (TPSA) is 115 Å². The summed E-state index contributed by atoms with van der Waals surface area (Å²) < 4.78 is 6.90. The largest absolute Gasteiger partial charge is 0.477 e. The first-order valence-corrected chi connectivity index (χ1v) is 12.3. The number of nitrogens with zero attached hydrogens (tertiary/aromatic N) is 4. The number of thiazole rings is 1. The van der Waals surface area contributed by atoms with E-state index in [-0.39, 0.29) is 22.7 Å². The Hall–Kier alpha value is -3.11. The van der Waals surface area contributed by atoms with Gasteiger partial charge in [-0.05, 0) is 38.3 Å². The van der Waals surface area contributed by atoms with Crippen LogP contribution in [0.25, 0.3) is 16.2 Å². The van der Waals surface area contributed by atoms with Gasteiger partial charge >= 0.3 is 5.97 Å². The van der Waals surface area contributed by atoms with Gasteiger partial charge in [-0.15, -0.1) is 11.3 Å². The lowest BCUT2D eigenvalue weighted by molar-refractivity contribution is -0.123. The number of carboxylic acid groups (broad SMARTS) is 1. The van der Waals surface area contributed by atoms with Gasteiger partial charge in [0.05, 0.1) is 17.0 Å². The highest BCUT2D eigenvalue weighted by molar-refractivity contribution is 7.12. The minimum atomic E-state index is -1.29. The van der Waals surface area contributed by atoms with Crippen molar-refractivity contribution in [3.05, 3.63) is 44.7 Å². The van der Waals surface area contributed by atoms with E-state index in [0.717, 1.165) is 18.5 Å². The minimum absolute atomic E-state index is 0.0397. The SMILES string of the molecule is CCOCCCC(=O)C1CN(c2cc(C)c3c(=O)c(C(=O)O)cn(-c4nc(CC)cs4)c3n2)C1. The number of carboxylic acids is 1. The number of aromatic nitrogens is 3. The second-order valence-electron chi connectivity index (χ2n) is 8.39. The Balaban J connectivity index is 1.67. The van der Waals surface area contributed by atoms with E-state index in [9.17, 15) is 19.5 Å². The number of aromatic carboxylic acids is 1. The van der Waals surface area contributed by atoms with E-state index in [1.54, 1.807) is 17.6 Å². The molecule has 0 spiro atoms. The second kappa shape index (κ2) is 10.0. The predicted molar refractivity (Wildman–Crippen MR) is 131 cm³/mol. The molecule has 3 aromatic heterocycles. The molecule has 4 rings (SSSR count). The van der Waals surface area contributed by atoms with Crippen molar-refractivity contribution in [3.8, 4) is 5.13 Å². The molecule has 3 aromatic rings. The molecule has 1 saturated heterocycles. The lowest BCUT2D eigenvalue weighted by atomic mass is 9.92. The molecular weight excluding hydrogens is 456 g/mol. The number of pyridine rings is 2. The average molecular weight is 485 g/mol. The molecule has 1 N–H and O–H groups in total. The number of carbonyl (C=O) groups is 2. The molecule has 0 radical (unpaired) electrons. The fourth-order valence-electron chi connectivity index (χ4n) is 4.07. The number of Topliss-reactive ketones (excluding diaryl/α,β-unsaturated/α-hetero) is 1. The highest BCUT2D eigenvalue weighted by Crippen LogP contribution is 2.29. The van der Waals surface area contributed by atoms with E-state index in [4.69, 9.17) is 9.72 Å². The van der Waals surface area contributed by atoms with Gasteiger partial charge in [0.15, 0.2) is 10.8 Å². The van der Waals surface area contributed by atoms with Gasteiger partial charge < -0.3 is 14.7 Å². The number of carbonyl (C=O) groups excluding carboxylic acids is 1. The minimum Gasteiger partial charge on any atom is -0.477 e. The van der Waals surface area contributed by atoms with Crippen LogP contribution in [0.2, 0.25) is 0 Å². The van der Waals surface area contributed by atoms with Gasteiger partial charge in [-0.3, -0.25) is 14.2 Å². The Morgan fingerprint density at radius 2 is 2.03 bits per heavy atom. The third-order valence-corrected chi connectivity index (χ3v) is 6.95. The summed E-state index contributed by atoms with van der Waals surface area (Å²) in [6.07, 6.45) is 3.28. The standard InChI is InChI=1S/C24H28N4O5S/c1-4-16-13-34-24(25-16)28-12-17(23(31)32)21(30)20-14(3)9-19(26-22(20)28)27-10-15(11-27)18(29)7-6-8-33-5-2/h9,12-13,15H,4-8,10-11H2,1-3H3,(H,31,32). The summed E-state index contributed by atoms with van der Waals surface area (Å²) >= 11 is 1.37. The van der Waals surface area contributed by atoms with Crippen molar-refractivity contribution in [2.75, 3.05) is 31.2 Å². The number of rotatable bonds is 10. The third-order valence-electron chi connectivity index (χ3n) is 6.06. The molecule has 34 heavy (non-hydrogen) atoms. The Labute approximate surface area is 201 Å². The van der Waals surface area contributed by atoms with Crippen LogP contribution >= 0.6 is 11.3 Å². The molecule has 180 valence electrons. The Morgan fingerprint density at radius 3 is 2.68 bits per heavy atom. The first-order chi connectivity index (χ1) is 16.3. The monoisotopic (exact) mass is 484 g/mol. The number of ether oxygens (including phenoxy) is 1. The molecule has 10 heteroatoms. The quantitative estimate of drug-likeness (QED) is 0.436. The molecule has 9 nitrogen and oxygen atoms in total. The molecular formula is C24H28N4O5S. The first-order valence-electron chi connectivity index (χ1n) is 11.4. The fourth-order valence-corrected chi connectivity index (χ4v) is 4.96. The van der Waals surface area contributed by atoms with Crippen molar-refractivity contribution in [2.24, 2.45) is 5.92 Å². The van der Waals surface area contributed by atoms with Crippen LogP contribution in [0.15, 0.2) is 22.4 Å². The van der Waals surface area contributed by atoms with Gasteiger partial charge in [-0.1, -0.05) is 6.92 Å². The molecule has 1 aliphatic rings. The molecule has 1 fully saturated rings. The lowest BCUT2D eigenvalue weighted by Crippen LogP contribution is -2.51. The fraction of sp³-hybridized carbons (Fsp3) is 0.458. The van der Waals surface area contributed by atoms with Crippen LogP contribution in [0.1, 0.15) is 48.3 Å². The van der Waals surface area contributed by atoms with Crippen LogP contribution in [-0.4, -0.2) is 57.7 Å². The number of anilines is 1. The van der Waals surface area contributed by atoms with Crippen LogP contribution in [-0.2, 0) is 16.0 Å². The summed E-state index contributed by atoms with van der Waals surface area (Å²) in [4.78, 5) is 48.5. The molecule has 0 saturated carbocycles. The van der Waals surface area contributed by atoms with Crippen molar-refractivity contribution in [3.63, 3.8) is 0 Å². The van der Waals surface area contributed by atoms with Crippen LogP contribution in [0.4, 0.5) is 5.82 Å². The Kier molecular flexibility index (Phi) is 7.08. The van der Waals surface area contributed by atoms with E-state index in [1.807, 2.05) is 24.1 Å². The molecule has 1 aliphatic heterocycles. The van der Waals surface area contributed by atoms with E-state index in [1.165, 1.54) is 17.5 Å². The zero-order valence-electron chi connectivity index (χ0n) is 19.5. The van der Waals surface area contributed by atoms with Crippen LogP contribution in [0.5, 0.6) is 0 Å². The van der Waals surface area contributed by atoms with Crippen molar-refractivity contribution < 1.29 is 19.4 Å². The summed E-state index contributed by atoms with van der Waals surface area (Å²) in [6.45, 7) is 8.09. The van der Waals surface area contributed by atoms with Crippen molar-refractivity contribution in [1.29, 1.82) is 0 Å². The van der Waals surface area contributed by atoms with Gasteiger partial charge in [-0.2, -0.15) is 0 Å². The average Bonchev–Trinajstić information content (AvgIpc) is 3.24. The number of hydrogen-bond acceptors (Lipinski definition) is 8. The molecule has 0 amide bonds. The summed E-state index contributed by atoms with van der Waals surface area (Å²) in [7, 11) is 0. The molecule has 0 aliphatic carbocycles. The smallest absolute Gasteiger partial charge is 0.341 e. The molecule has 0 atom stereocenters. The van der Waals surface area contributed by atoms with Crippen molar-refractivity contribution >= 4 is 39.9 Å². The first kappa shape index (κ1) is 24.0. The maximum Gasteiger partial charge on any atom is 0.341 e. The molecule has 0 aromatic carbocycles. The maximum absolute atomic E-state index is 13.0. The zero-order chi connectivity index (χ0) is 24.4. The highest BCUT2D eigenvalue weighted by atomic mass is 32.1.